The van der Waals surface area contributed by atoms with Crippen molar-refractivity contribution in [2.24, 2.45) is 5.92 Å². The van der Waals surface area contributed by atoms with Crippen LogP contribution in [0.1, 0.15) is 49.8 Å². The van der Waals surface area contributed by atoms with Gasteiger partial charge in [0.05, 0.1) is 19.1 Å². The summed E-state index contributed by atoms with van der Waals surface area (Å²) in [5.41, 5.74) is 1.59. The lowest BCUT2D eigenvalue weighted by molar-refractivity contribution is -0.158. The summed E-state index contributed by atoms with van der Waals surface area (Å²) >= 11 is 5.81. The minimum Gasteiger partial charge on any atom is -0.496 e. The third-order valence-corrected chi connectivity index (χ3v) is 5.61. The first-order chi connectivity index (χ1) is 14.5. The van der Waals surface area contributed by atoms with Crippen molar-refractivity contribution in [2.45, 2.75) is 45.3 Å². The van der Waals surface area contributed by atoms with E-state index in [0.717, 1.165) is 24.0 Å². The maximum atomic E-state index is 13.1. The molecule has 1 fully saturated rings. The molecule has 2 heterocycles. The van der Waals surface area contributed by atoms with Crippen molar-refractivity contribution in [1.82, 2.24) is 9.88 Å². The number of esters is 1. The molecule has 160 valence electrons. The van der Waals surface area contributed by atoms with Gasteiger partial charge in [0.15, 0.2) is 0 Å². The SMILES string of the molecule is CCCCN1C(=O)CCC(C(=O)OCc2ccc(Cl)nc2)C1c1ccccc1OC. The minimum absolute atomic E-state index is 0.0605. The largest absolute Gasteiger partial charge is 0.496 e. The van der Waals surface area contributed by atoms with Gasteiger partial charge in [0.2, 0.25) is 5.91 Å². The Balaban J connectivity index is 1.86. The Hall–Kier alpha value is -2.60. The van der Waals surface area contributed by atoms with Crippen LogP contribution in [0.4, 0.5) is 0 Å². The van der Waals surface area contributed by atoms with Gasteiger partial charge in [-0.3, -0.25) is 9.59 Å². The molecule has 30 heavy (non-hydrogen) atoms. The lowest BCUT2D eigenvalue weighted by Crippen LogP contribution is -2.46. The fraction of sp³-hybridized carbons (Fsp3) is 0.435. The predicted octanol–water partition coefficient (Wildman–Crippen LogP) is 4.57. The number of rotatable bonds is 8. The highest BCUT2D eigenvalue weighted by molar-refractivity contribution is 6.29. The number of aromatic nitrogens is 1. The van der Waals surface area contributed by atoms with E-state index in [1.165, 1.54) is 0 Å². The molecule has 1 aromatic heterocycles. The molecule has 3 rings (SSSR count). The van der Waals surface area contributed by atoms with E-state index in [1.807, 2.05) is 29.2 Å². The second kappa shape index (κ2) is 10.4. The molecule has 2 atom stereocenters. The third kappa shape index (κ3) is 5.11. The molecule has 0 aliphatic carbocycles. The summed E-state index contributed by atoms with van der Waals surface area (Å²) in [7, 11) is 1.60. The standard InChI is InChI=1S/C23H27ClN2O4/c1-3-4-13-26-21(27)12-10-18(22(26)17-7-5-6-8-19(17)29-2)23(28)30-15-16-9-11-20(24)25-14-16/h5-9,11,14,18,22H,3-4,10,12-13,15H2,1-2H3. The lowest BCUT2D eigenvalue weighted by atomic mass is 9.83. The molecule has 7 heteroatoms. The summed E-state index contributed by atoms with van der Waals surface area (Å²) < 4.78 is 11.2. The number of piperidine rings is 1. The van der Waals surface area contributed by atoms with Gasteiger partial charge in [0.1, 0.15) is 17.5 Å². The summed E-state index contributed by atoms with van der Waals surface area (Å²) in [6.45, 7) is 2.79. The summed E-state index contributed by atoms with van der Waals surface area (Å²) in [4.78, 5) is 31.7. The molecule has 1 saturated heterocycles. The minimum atomic E-state index is -0.462. The Bertz CT molecular complexity index is 872. The zero-order valence-corrected chi connectivity index (χ0v) is 18.1. The Labute approximate surface area is 182 Å². The molecule has 0 spiro atoms. The van der Waals surface area contributed by atoms with Gasteiger partial charge in [-0.25, -0.2) is 4.98 Å². The van der Waals surface area contributed by atoms with E-state index in [1.54, 1.807) is 25.4 Å². The van der Waals surface area contributed by atoms with Crippen molar-refractivity contribution in [3.05, 3.63) is 58.9 Å². The second-order valence-electron chi connectivity index (χ2n) is 7.37. The quantitative estimate of drug-likeness (QED) is 0.453. The van der Waals surface area contributed by atoms with Crippen LogP contribution in [0, 0.1) is 5.92 Å². The van der Waals surface area contributed by atoms with Crippen molar-refractivity contribution in [3.8, 4) is 5.75 Å². The van der Waals surface area contributed by atoms with Crippen LogP contribution < -0.4 is 4.74 Å². The number of carbonyl (C=O) groups excluding carboxylic acids is 2. The van der Waals surface area contributed by atoms with Crippen LogP contribution in [0.3, 0.4) is 0 Å². The molecular weight excluding hydrogens is 404 g/mol. The predicted molar refractivity (Wildman–Crippen MR) is 114 cm³/mol. The summed E-state index contributed by atoms with van der Waals surface area (Å²) in [5, 5.41) is 0.388. The fourth-order valence-electron chi connectivity index (χ4n) is 3.84. The van der Waals surface area contributed by atoms with E-state index >= 15 is 0 Å². The first-order valence-corrected chi connectivity index (χ1v) is 10.6. The number of likely N-dealkylation sites (tertiary alicyclic amines) is 1. The first-order valence-electron chi connectivity index (χ1n) is 10.2. The van der Waals surface area contributed by atoms with Crippen LogP contribution in [0.5, 0.6) is 5.75 Å². The maximum Gasteiger partial charge on any atom is 0.311 e. The van der Waals surface area contributed by atoms with Gasteiger partial charge in [0, 0.05) is 30.3 Å². The molecule has 1 aliphatic heterocycles. The molecule has 2 unspecified atom stereocenters. The molecule has 1 aromatic carbocycles. The zero-order chi connectivity index (χ0) is 21.5. The van der Waals surface area contributed by atoms with E-state index in [4.69, 9.17) is 21.1 Å². The van der Waals surface area contributed by atoms with Gasteiger partial charge in [-0.05, 0) is 25.0 Å². The van der Waals surface area contributed by atoms with E-state index in [2.05, 4.69) is 11.9 Å². The van der Waals surface area contributed by atoms with Crippen LogP contribution in [0.15, 0.2) is 42.6 Å². The van der Waals surface area contributed by atoms with Crippen LogP contribution in [-0.4, -0.2) is 35.4 Å². The number of hydrogen-bond donors (Lipinski definition) is 0. The van der Waals surface area contributed by atoms with Crippen molar-refractivity contribution < 1.29 is 19.1 Å². The smallest absolute Gasteiger partial charge is 0.311 e. The van der Waals surface area contributed by atoms with Crippen molar-refractivity contribution in [2.75, 3.05) is 13.7 Å². The van der Waals surface area contributed by atoms with E-state index < -0.39 is 12.0 Å². The van der Waals surface area contributed by atoms with Gasteiger partial charge in [-0.1, -0.05) is 49.2 Å². The Kier molecular flexibility index (Phi) is 7.69. The highest BCUT2D eigenvalue weighted by Crippen LogP contribution is 2.41. The lowest BCUT2D eigenvalue weighted by Gasteiger charge is -2.40. The number of benzene rings is 1. The van der Waals surface area contributed by atoms with Crippen LogP contribution >= 0.6 is 11.6 Å². The summed E-state index contributed by atoms with van der Waals surface area (Å²) in [6.07, 6.45) is 4.20. The average Bonchev–Trinajstić information content (AvgIpc) is 2.77. The number of unbranched alkanes of at least 4 members (excludes halogenated alkanes) is 1. The number of methoxy groups -OCH3 is 1. The third-order valence-electron chi connectivity index (χ3n) is 5.39. The number of halogens is 1. The highest BCUT2D eigenvalue weighted by atomic mass is 35.5. The molecule has 0 radical (unpaired) electrons. The second-order valence-corrected chi connectivity index (χ2v) is 7.76. The van der Waals surface area contributed by atoms with Crippen molar-refractivity contribution in [1.29, 1.82) is 0 Å². The van der Waals surface area contributed by atoms with Crippen LogP contribution in [0.2, 0.25) is 5.15 Å². The Morgan fingerprint density at radius 2 is 2.07 bits per heavy atom. The fourth-order valence-corrected chi connectivity index (χ4v) is 3.95. The number of amides is 1. The number of carbonyl (C=O) groups is 2. The summed E-state index contributed by atoms with van der Waals surface area (Å²) in [6, 6.07) is 10.6. The number of nitrogens with zero attached hydrogens (tertiary/aromatic N) is 2. The van der Waals surface area contributed by atoms with Gasteiger partial charge < -0.3 is 14.4 Å². The molecule has 0 N–H and O–H groups in total. The number of ether oxygens (including phenoxy) is 2. The van der Waals surface area contributed by atoms with E-state index in [9.17, 15) is 9.59 Å². The van der Waals surface area contributed by atoms with Crippen LogP contribution in [0.25, 0.3) is 0 Å². The molecule has 0 bridgehead atoms. The maximum absolute atomic E-state index is 13.1. The van der Waals surface area contributed by atoms with Crippen LogP contribution in [-0.2, 0) is 20.9 Å². The van der Waals surface area contributed by atoms with E-state index in [0.29, 0.717) is 30.3 Å². The molecule has 6 nitrogen and oxygen atoms in total. The average molecular weight is 431 g/mol. The van der Waals surface area contributed by atoms with E-state index in [-0.39, 0.29) is 18.5 Å². The normalized spacial score (nSPS) is 18.9. The number of pyridine rings is 1. The number of para-hydroxylation sites is 1. The van der Waals surface area contributed by atoms with Crippen molar-refractivity contribution in [3.63, 3.8) is 0 Å². The van der Waals surface area contributed by atoms with Gasteiger partial charge in [0.25, 0.3) is 0 Å². The monoisotopic (exact) mass is 430 g/mol. The van der Waals surface area contributed by atoms with Gasteiger partial charge in [-0.15, -0.1) is 0 Å². The highest BCUT2D eigenvalue weighted by Gasteiger charge is 2.42. The Morgan fingerprint density at radius 1 is 1.27 bits per heavy atom. The Morgan fingerprint density at radius 3 is 2.77 bits per heavy atom. The number of hydrogen-bond acceptors (Lipinski definition) is 5. The summed E-state index contributed by atoms with van der Waals surface area (Å²) in [5.74, 6) is -0.0605. The molecule has 0 saturated carbocycles. The zero-order valence-electron chi connectivity index (χ0n) is 17.3. The van der Waals surface area contributed by atoms with Crippen molar-refractivity contribution >= 4 is 23.5 Å². The topological polar surface area (TPSA) is 68.7 Å². The molecule has 1 aliphatic rings. The molecule has 1 amide bonds. The first kappa shape index (κ1) is 22.1. The van der Waals surface area contributed by atoms with Gasteiger partial charge >= 0.3 is 5.97 Å². The molecule has 2 aromatic rings. The molecular formula is C23H27ClN2O4. The van der Waals surface area contributed by atoms with Gasteiger partial charge in [-0.2, -0.15) is 0 Å².